The second kappa shape index (κ2) is 8.18. The van der Waals surface area contributed by atoms with E-state index in [1.54, 1.807) is 0 Å². The van der Waals surface area contributed by atoms with Crippen LogP contribution in [0, 0.1) is 24.7 Å². The van der Waals surface area contributed by atoms with Gasteiger partial charge in [0.2, 0.25) is 0 Å². The van der Waals surface area contributed by atoms with E-state index in [2.05, 4.69) is 43.0 Å². The van der Waals surface area contributed by atoms with Gasteiger partial charge in [-0.05, 0) is 43.4 Å². The minimum Gasteiger partial charge on any atom is -0.391 e. The summed E-state index contributed by atoms with van der Waals surface area (Å²) >= 11 is 0. The van der Waals surface area contributed by atoms with Crippen molar-refractivity contribution in [3.8, 4) is 11.8 Å². The molecule has 3 rings (SSSR count). The van der Waals surface area contributed by atoms with Gasteiger partial charge in [0.15, 0.2) is 0 Å². The molecule has 24 heavy (non-hydrogen) atoms. The highest BCUT2D eigenvalue weighted by Crippen LogP contribution is 2.33. The van der Waals surface area contributed by atoms with Gasteiger partial charge in [0.1, 0.15) is 0 Å². The van der Waals surface area contributed by atoms with Crippen molar-refractivity contribution >= 4 is 0 Å². The lowest BCUT2D eigenvalue weighted by atomic mass is 9.78. The summed E-state index contributed by atoms with van der Waals surface area (Å²) in [4.78, 5) is 0. The first kappa shape index (κ1) is 16.8. The van der Waals surface area contributed by atoms with Gasteiger partial charge in [0.05, 0.1) is 12.0 Å². The Morgan fingerprint density at radius 3 is 2.25 bits per heavy atom. The standard InChI is InChI=1S/C23H26O/c1-18-12-15-20(16-13-18)22(17-14-19-8-4-2-5-9-19)23(24)21-10-6-3-7-11-21/h2,4-5,8-9,12-13,15-16,21-24H,3,6-7,10-11H2,1H3/t22?,23-/m0/s1. The van der Waals surface area contributed by atoms with Crippen molar-refractivity contribution in [2.45, 2.75) is 51.0 Å². The van der Waals surface area contributed by atoms with Gasteiger partial charge in [-0.3, -0.25) is 0 Å². The molecule has 2 atom stereocenters. The summed E-state index contributed by atoms with van der Waals surface area (Å²) in [5, 5.41) is 11.0. The van der Waals surface area contributed by atoms with Crippen molar-refractivity contribution < 1.29 is 5.11 Å². The largest absolute Gasteiger partial charge is 0.391 e. The van der Waals surface area contributed by atoms with Crippen LogP contribution in [0.25, 0.3) is 0 Å². The van der Waals surface area contributed by atoms with E-state index < -0.39 is 0 Å². The Hall–Kier alpha value is -2.04. The van der Waals surface area contributed by atoms with Crippen LogP contribution in [0.3, 0.4) is 0 Å². The van der Waals surface area contributed by atoms with Crippen LogP contribution in [0.1, 0.15) is 54.7 Å². The van der Waals surface area contributed by atoms with E-state index in [1.165, 1.54) is 24.8 Å². The predicted octanol–water partition coefficient (Wildman–Crippen LogP) is 5.07. The molecule has 0 aliphatic heterocycles. The summed E-state index contributed by atoms with van der Waals surface area (Å²) in [6, 6.07) is 18.5. The molecule has 0 heterocycles. The van der Waals surface area contributed by atoms with E-state index in [0.29, 0.717) is 5.92 Å². The summed E-state index contributed by atoms with van der Waals surface area (Å²) in [6.45, 7) is 2.09. The zero-order valence-corrected chi connectivity index (χ0v) is 14.4. The van der Waals surface area contributed by atoms with Crippen molar-refractivity contribution in [2.75, 3.05) is 0 Å². The monoisotopic (exact) mass is 318 g/mol. The third-order valence-electron chi connectivity index (χ3n) is 5.06. The lowest BCUT2D eigenvalue weighted by Gasteiger charge is -2.30. The molecule has 1 heteroatoms. The zero-order chi connectivity index (χ0) is 16.8. The first-order valence-electron chi connectivity index (χ1n) is 9.05. The number of benzene rings is 2. The molecule has 124 valence electrons. The maximum absolute atomic E-state index is 11.0. The Balaban J connectivity index is 1.88. The Kier molecular flexibility index (Phi) is 5.72. The second-order valence-electron chi connectivity index (χ2n) is 6.91. The third kappa shape index (κ3) is 4.28. The Morgan fingerprint density at radius 1 is 0.917 bits per heavy atom. The van der Waals surface area contributed by atoms with E-state index in [0.717, 1.165) is 24.0 Å². The molecule has 2 aromatic rings. The van der Waals surface area contributed by atoms with Crippen molar-refractivity contribution in [1.29, 1.82) is 0 Å². The van der Waals surface area contributed by atoms with Crippen LogP contribution in [0.4, 0.5) is 0 Å². The molecule has 0 amide bonds. The summed E-state index contributed by atoms with van der Waals surface area (Å²) in [5.41, 5.74) is 3.37. The highest BCUT2D eigenvalue weighted by atomic mass is 16.3. The normalized spacial score (nSPS) is 17.6. The lowest BCUT2D eigenvalue weighted by Crippen LogP contribution is -2.28. The molecule has 1 nitrogen and oxygen atoms in total. The number of aliphatic hydroxyl groups is 1. The smallest absolute Gasteiger partial charge is 0.0746 e. The molecule has 2 aromatic carbocycles. The molecular weight excluding hydrogens is 292 g/mol. The molecular formula is C23H26O. The molecule has 1 unspecified atom stereocenters. The van der Waals surface area contributed by atoms with E-state index in [9.17, 15) is 5.11 Å². The summed E-state index contributed by atoms with van der Waals surface area (Å²) in [5.74, 6) is 6.89. The topological polar surface area (TPSA) is 20.2 Å². The van der Waals surface area contributed by atoms with Crippen LogP contribution in [0.2, 0.25) is 0 Å². The maximum Gasteiger partial charge on any atom is 0.0746 e. The van der Waals surface area contributed by atoms with Gasteiger partial charge in [-0.1, -0.05) is 79.1 Å². The van der Waals surface area contributed by atoms with Crippen LogP contribution in [0.5, 0.6) is 0 Å². The fourth-order valence-corrected chi connectivity index (χ4v) is 3.57. The van der Waals surface area contributed by atoms with Crippen LogP contribution in [0.15, 0.2) is 54.6 Å². The number of hydrogen-bond donors (Lipinski definition) is 1. The number of aryl methyl sites for hydroxylation is 1. The number of hydrogen-bond acceptors (Lipinski definition) is 1. The van der Waals surface area contributed by atoms with Gasteiger partial charge in [-0.25, -0.2) is 0 Å². The summed E-state index contributed by atoms with van der Waals surface area (Å²) < 4.78 is 0. The molecule has 0 radical (unpaired) electrons. The molecule has 0 spiro atoms. The third-order valence-corrected chi connectivity index (χ3v) is 5.06. The van der Waals surface area contributed by atoms with E-state index in [1.807, 2.05) is 30.3 Å². The molecule has 0 saturated heterocycles. The zero-order valence-electron chi connectivity index (χ0n) is 14.4. The molecule has 1 fully saturated rings. The number of aliphatic hydroxyl groups excluding tert-OH is 1. The van der Waals surface area contributed by atoms with Crippen molar-refractivity contribution in [3.05, 3.63) is 71.3 Å². The van der Waals surface area contributed by atoms with Gasteiger partial charge in [0, 0.05) is 5.56 Å². The molecule has 1 N–H and O–H groups in total. The second-order valence-corrected chi connectivity index (χ2v) is 6.91. The first-order valence-corrected chi connectivity index (χ1v) is 9.05. The molecule has 1 aliphatic carbocycles. The number of rotatable bonds is 3. The predicted molar refractivity (Wildman–Crippen MR) is 99.8 cm³/mol. The van der Waals surface area contributed by atoms with Crippen LogP contribution in [-0.4, -0.2) is 11.2 Å². The van der Waals surface area contributed by atoms with E-state index in [4.69, 9.17) is 0 Å². The van der Waals surface area contributed by atoms with Crippen molar-refractivity contribution in [1.82, 2.24) is 0 Å². The van der Waals surface area contributed by atoms with Gasteiger partial charge >= 0.3 is 0 Å². The molecule has 1 aliphatic rings. The molecule has 0 bridgehead atoms. The highest BCUT2D eigenvalue weighted by molar-refractivity contribution is 5.39. The first-order chi connectivity index (χ1) is 11.7. The Bertz CT molecular complexity index is 684. The van der Waals surface area contributed by atoms with Gasteiger partial charge in [0.25, 0.3) is 0 Å². The van der Waals surface area contributed by atoms with E-state index in [-0.39, 0.29) is 12.0 Å². The van der Waals surface area contributed by atoms with E-state index >= 15 is 0 Å². The van der Waals surface area contributed by atoms with Crippen LogP contribution in [-0.2, 0) is 0 Å². The fraction of sp³-hybridized carbons (Fsp3) is 0.391. The average Bonchev–Trinajstić information content (AvgIpc) is 2.65. The SMILES string of the molecule is Cc1ccc(C(C#Cc2ccccc2)[C@@H](O)C2CCCCC2)cc1. The van der Waals surface area contributed by atoms with Crippen molar-refractivity contribution in [3.63, 3.8) is 0 Å². The molecule has 1 saturated carbocycles. The van der Waals surface area contributed by atoms with Gasteiger partial charge in [-0.15, -0.1) is 0 Å². The quantitative estimate of drug-likeness (QED) is 0.783. The minimum absolute atomic E-state index is 0.117. The van der Waals surface area contributed by atoms with Crippen LogP contribution < -0.4 is 0 Å². The Labute approximate surface area is 145 Å². The van der Waals surface area contributed by atoms with Crippen LogP contribution >= 0.6 is 0 Å². The average molecular weight is 318 g/mol. The maximum atomic E-state index is 11.0. The molecule has 0 aromatic heterocycles. The fourth-order valence-electron chi connectivity index (χ4n) is 3.57. The minimum atomic E-state index is -0.385. The Morgan fingerprint density at radius 2 is 1.58 bits per heavy atom. The lowest BCUT2D eigenvalue weighted by molar-refractivity contribution is 0.0749. The van der Waals surface area contributed by atoms with Gasteiger partial charge in [-0.2, -0.15) is 0 Å². The van der Waals surface area contributed by atoms with Crippen molar-refractivity contribution in [2.24, 2.45) is 5.92 Å². The summed E-state index contributed by atoms with van der Waals surface area (Å²) in [6.07, 6.45) is 5.62. The highest BCUT2D eigenvalue weighted by Gasteiger charge is 2.28. The summed E-state index contributed by atoms with van der Waals surface area (Å²) in [7, 11) is 0. The van der Waals surface area contributed by atoms with Gasteiger partial charge < -0.3 is 5.11 Å².